The van der Waals surface area contributed by atoms with Gasteiger partial charge in [0.15, 0.2) is 0 Å². The van der Waals surface area contributed by atoms with Gasteiger partial charge in [-0.05, 0) is 30.0 Å². The number of nitrogens with two attached hydrogens (primary N) is 1. The predicted molar refractivity (Wildman–Crippen MR) is 88.5 cm³/mol. The zero-order valence-corrected chi connectivity index (χ0v) is 14.3. The Balaban J connectivity index is 2.39. The molecule has 1 unspecified atom stereocenters. The Morgan fingerprint density at radius 2 is 1.95 bits per heavy atom. The van der Waals surface area contributed by atoms with Crippen LogP contribution in [0.25, 0.3) is 0 Å². The first kappa shape index (κ1) is 16.6. The van der Waals surface area contributed by atoms with Crippen LogP contribution < -0.4 is 10.5 Å². The second-order valence-electron chi connectivity index (χ2n) is 4.41. The molecule has 0 bridgehead atoms. The Hall–Kier alpha value is -0.790. The van der Waals surface area contributed by atoms with Crippen LogP contribution >= 0.6 is 34.5 Å². The number of hydrogen-bond acceptors (Lipinski definition) is 4. The maximum atomic E-state index is 12.5. The van der Waals surface area contributed by atoms with Gasteiger partial charge in [-0.25, -0.2) is 13.1 Å². The minimum Gasteiger partial charge on any atom is -0.399 e. The Bertz CT molecular complexity index is 708. The van der Waals surface area contributed by atoms with Gasteiger partial charge in [0.2, 0.25) is 10.0 Å². The highest BCUT2D eigenvalue weighted by atomic mass is 35.5. The van der Waals surface area contributed by atoms with Gasteiger partial charge in [-0.1, -0.05) is 36.2 Å². The van der Waals surface area contributed by atoms with E-state index in [1.54, 1.807) is 0 Å². The number of rotatable bonds is 5. The highest BCUT2D eigenvalue weighted by molar-refractivity contribution is 7.89. The smallest absolute Gasteiger partial charge is 0.244 e. The summed E-state index contributed by atoms with van der Waals surface area (Å²) < 4.78 is 27.7. The second kappa shape index (κ2) is 6.54. The molecule has 4 nitrogen and oxygen atoms in total. The first-order valence-electron chi connectivity index (χ1n) is 6.15. The molecule has 2 aromatic rings. The Kier molecular flexibility index (Phi) is 5.16. The molecule has 1 heterocycles. The highest BCUT2D eigenvalue weighted by Crippen LogP contribution is 2.33. The maximum Gasteiger partial charge on any atom is 0.244 e. The molecule has 114 valence electrons. The summed E-state index contributed by atoms with van der Waals surface area (Å²) in [4.78, 5) is 0.791. The average Bonchev–Trinajstić information content (AvgIpc) is 2.87. The summed E-state index contributed by atoms with van der Waals surface area (Å²) >= 11 is 13.5. The number of nitrogens with one attached hydrogen (secondary N) is 1. The van der Waals surface area contributed by atoms with Crippen molar-refractivity contribution < 1.29 is 8.42 Å². The summed E-state index contributed by atoms with van der Waals surface area (Å²) in [6, 6.07) is 6.18. The van der Waals surface area contributed by atoms with Crippen LogP contribution in [0.5, 0.6) is 0 Å². The number of anilines is 1. The van der Waals surface area contributed by atoms with E-state index in [9.17, 15) is 8.42 Å². The Labute approximate surface area is 137 Å². The minimum atomic E-state index is -3.84. The van der Waals surface area contributed by atoms with Crippen LogP contribution in [0.15, 0.2) is 34.5 Å². The fourth-order valence-electron chi connectivity index (χ4n) is 1.91. The largest absolute Gasteiger partial charge is 0.399 e. The van der Waals surface area contributed by atoms with E-state index in [-0.39, 0.29) is 21.0 Å². The van der Waals surface area contributed by atoms with Crippen LogP contribution in [0.4, 0.5) is 5.69 Å². The van der Waals surface area contributed by atoms with Gasteiger partial charge in [0.1, 0.15) is 4.90 Å². The quantitative estimate of drug-likeness (QED) is 0.785. The zero-order valence-electron chi connectivity index (χ0n) is 11.1. The van der Waals surface area contributed by atoms with E-state index >= 15 is 0 Å². The molecule has 3 N–H and O–H groups in total. The van der Waals surface area contributed by atoms with E-state index < -0.39 is 10.0 Å². The molecule has 8 heteroatoms. The summed E-state index contributed by atoms with van der Waals surface area (Å²) in [5, 5.41) is 1.91. The Morgan fingerprint density at radius 3 is 2.43 bits per heavy atom. The standard InChI is InChI=1S/C13H14Cl2N2O2S2/c1-2-11(12-4-3-5-20-12)17-21(18,19)13-9(14)6-8(16)7-10(13)15/h3-7,11,17H,2,16H2,1H3. The summed E-state index contributed by atoms with van der Waals surface area (Å²) in [6.07, 6.45) is 0.615. The molecule has 0 saturated carbocycles. The topological polar surface area (TPSA) is 72.2 Å². The van der Waals surface area contributed by atoms with Crippen molar-refractivity contribution in [3.8, 4) is 0 Å². The van der Waals surface area contributed by atoms with E-state index in [1.807, 2.05) is 24.4 Å². The van der Waals surface area contributed by atoms with Gasteiger partial charge >= 0.3 is 0 Å². The number of benzene rings is 1. The van der Waals surface area contributed by atoms with Gasteiger partial charge in [0.25, 0.3) is 0 Å². The molecule has 0 aliphatic heterocycles. The molecule has 1 atom stereocenters. The fourth-order valence-corrected chi connectivity index (χ4v) is 5.38. The molecule has 0 spiro atoms. The third-order valence-electron chi connectivity index (χ3n) is 2.88. The van der Waals surface area contributed by atoms with Gasteiger partial charge in [0.05, 0.1) is 16.1 Å². The molecule has 2 rings (SSSR count). The number of hydrogen-bond donors (Lipinski definition) is 2. The van der Waals surface area contributed by atoms with Crippen molar-refractivity contribution in [2.75, 3.05) is 5.73 Å². The normalized spacial score (nSPS) is 13.3. The van der Waals surface area contributed by atoms with Crippen molar-refractivity contribution in [1.29, 1.82) is 0 Å². The first-order valence-corrected chi connectivity index (χ1v) is 9.27. The maximum absolute atomic E-state index is 12.5. The SMILES string of the molecule is CCC(NS(=O)(=O)c1c(Cl)cc(N)cc1Cl)c1cccs1. The van der Waals surface area contributed by atoms with Crippen LogP contribution in [0.2, 0.25) is 10.0 Å². The lowest BCUT2D eigenvalue weighted by molar-refractivity contribution is 0.553. The van der Waals surface area contributed by atoms with E-state index in [0.717, 1.165) is 4.88 Å². The molecule has 0 aliphatic carbocycles. The summed E-state index contributed by atoms with van der Waals surface area (Å²) in [7, 11) is -3.84. The first-order chi connectivity index (χ1) is 9.85. The van der Waals surface area contributed by atoms with Crippen LogP contribution in [0, 0.1) is 0 Å². The summed E-state index contributed by atoms with van der Waals surface area (Å²) in [5.41, 5.74) is 5.91. The van der Waals surface area contributed by atoms with Crippen molar-refractivity contribution >= 4 is 50.2 Å². The average molecular weight is 365 g/mol. The van der Waals surface area contributed by atoms with E-state index in [0.29, 0.717) is 12.1 Å². The molecular weight excluding hydrogens is 351 g/mol. The van der Waals surface area contributed by atoms with Crippen LogP contribution in [0.1, 0.15) is 24.3 Å². The molecule has 0 saturated heterocycles. The molecule has 0 fully saturated rings. The third kappa shape index (κ3) is 3.70. The van der Waals surface area contributed by atoms with Gasteiger partial charge in [-0.3, -0.25) is 0 Å². The Morgan fingerprint density at radius 1 is 1.33 bits per heavy atom. The van der Waals surface area contributed by atoms with E-state index in [1.165, 1.54) is 23.5 Å². The van der Waals surface area contributed by atoms with Gasteiger partial charge in [-0.2, -0.15) is 0 Å². The van der Waals surface area contributed by atoms with Crippen molar-refractivity contribution in [3.63, 3.8) is 0 Å². The highest BCUT2D eigenvalue weighted by Gasteiger charge is 2.26. The van der Waals surface area contributed by atoms with Crippen molar-refractivity contribution in [2.45, 2.75) is 24.3 Å². The van der Waals surface area contributed by atoms with Gasteiger partial charge < -0.3 is 5.73 Å². The molecule has 0 radical (unpaired) electrons. The van der Waals surface area contributed by atoms with Crippen molar-refractivity contribution in [1.82, 2.24) is 4.72 Å². The number of sulfonamides is 1. The van der Waals surface area contributed by atoms with E-state index in [4.69, 9.17) is 28.9 Å². The van der Waals surface area contributed by atoms with Crippen LogP contribution in [-0.4, -0.2) is 8.42 Å². The molecule has 1 aromatic carbocycles. The zero-order chi connectivity index (χ0) is 15.6. The number of nitrogen functional groups attached to an aromatic ring is 1. The van der Waals surface area contributed by atoms with Gasteiger partial charge in [-0.15, -0.1) is 11.3 Å². The van der Waals surface area contributed by atoms with E-state index in [2.05, 4.69) is 4.72 Å². The molecule has 21 heavy (non-hydrogen) atoms. The molecule has 0 aliphatic rings. The molecular formula is C13H14Cl2N2O2S2. The number of halogens is 2. The minimum absolute atomic E-state index is 0.00790. The predicted octanol–water partition coefficient (Wildman–Crippen LogP) is 4.07. The second-order valence-corrected chi connectivity index (χ2v) is 7.86. The van der Waals surface area contributed by atoms with Crippen molar-refractivity contribution in [3.05, 3.63) is 44.6 Å². The summed E-state index contributed by atoms with van der Waals surface area (Å²) in [6.45, 7) is 1.90. The van der Waals surface area contributed by atoms with Crippen LogP contribution in [0.3, 0.4) is 0 Å². The monoisotopic (exact) mass is 364 g/mol. The van der Waals surface area contributed by atoms with Crippen LogP contribution in [-0.2, 0) is 10.0 Å². The molecule has 1 aromatic heterocycles. The fraction of sp³-hybridized carbons (Fsp3) is 0.231. The lowest BCUT2D eigenvalue weighted by Crippen LogP contribution is -2.28. The molecule has 0 amide bonds. The van der Waals surface area contributed by atoms with Gasteiger partial charge in [0, 0.05) is 10.6 Å². The van der Waals surface area contributed by atoms with Crippen molar-refractivity contribution in [2.24, 2.45) is 0 Å². The lowest BCUT2D eigenvalue weighted by Gasteiger charge is -2.17. The third-order valence-corrected chi connectivity index (χ3v) is 6.26. The lowest BCUT2D eigenvalue weighted by atomic mass is 10.2. The summed E-state index contributed by atoms with van der Waals surface area (Å²) in [5.74, 6) is 0. The number of thiophene rings is 1.